The van der Waals surface area contributed by atoms with Crippen molar-refractivity contribution in [3.05, 3.63) is 0 Å². The van der Waals surface area contributed by atoms with E-state index in [0.29, 0.717) is 6.04 Å². The van der Waals surface area contributed by atoms with E-state index >= 15 is 0 Å². The van der Waals surface area contributed by atoms with Gasteiger partial charge in [0.05, 0.1) is 45.7 Å². The monoisotopic (exact) mass is 881 g/mol. The Kier molecular flexibility index (Phi) is 38.6. The van der Waals surface area contributed by atoms with Crippen LogP contribution in [0.2, 0.25) is 0 Å². The van der Waals surface area contributed by atoms with Crippen LogP contribution < -0.4 is 33.2 Å². The average Bonchev–Trinajstić information content (AvgIpc) is 3.11. The van der Waals surface area contributed by atoms with E-state index in [-0.39, 0.29) is 140 Å². The summed E-state index contributed by atoms with van der Waals surface area (Å²) in [6.07, 6.45) is 0.712. The molecule has 3 fully saturated rings. The topological polar surface area (TPSA) is 303 Å². The molecule has 3 aliphatic carbocycles. The van der Waals surface area contributed by atoms with E-state index in [4.69, 9.17) is 36.9 Å². The molecule has 0 radical (unpaired) electrons. The molecule has 356 valence electrons. The lowest BCUT2D eigenvalue weighted by atomic mass is 9.72. The van der Waals surface area contributed by atoms with Crippen molar-refractivity contribution in [1.82, 2.24) is 16.0 Å². The first kappa shape index (κ1) is 63.4. The molecule has 3 saturated carbocycles. The number of hydrogen-bond acceptors (Lipinski definition) is 19. The number of halogens is 3. The number of carbonyl (C=O) groups excluding carboxylic acids is 6. The van der Waals surface area contributed by atoms with E-state index in [2.05, 4.69) is 30.2 Å². The normalized spacial score (nSPS) is 24.2. The minimum absolute atomic E-state index is 0. The molecule has 9 unspecified atom stereocenters. The lowest BCUT2D eigenvalue weighted by Crippen LogP contribution is -2.59. The van der Waals surface area contributed by atoms with E-state index in [9.17, 15) is 41.9 Å². The van der Waals surface area contributed by atoms with Crippen molar-refractivity contribution in [1.29, 1.82) is 0 Å². The number of hydrogen-bond donors (Lipinski definition) is 8. The van der Waals surface area contributed by atoms with Crippen LogP contribution in [0, 0.1) is 17.8 Å². The van der Waals surface area contributed by atoms with Gasteiger partial charge in [0.2, 0.25) is 20.6 Å². The molecular formula is C38H75F3N6O13. The molecule has 11 N–H and O–H groups in total. The van der Waals surface area contributed by atoms with Crippen LogP contribution in [-0.4, -0.2) is 156 Å². The smallest absolute Gasteiger partial charge is 0.313 e. The maximum Gasteiger partial charge on any atom is 0.313 e. The third-order valence-electron chi connectivity index (χ3n) is 9.47. The van der Waals surface area contributed by atoms with Crippen LogP contribution in [0.25, 0.3) is 0 Å². The molecule has 22 heteroatoms. The van der Waals surface area contributed by atoms with Gasteiger partial charge in [0, 0.05) is 66.8 Å². The lowest BCUT2D eigenvalue weighted by molar-refractivity contribution is -0.156. The molecular weight excluding hydrogens is 805 g/mol. The highest BCUT2D eigenvalue weighted by Gasteiger charge is 2.43. The van der Waals surface area contributed by atoms with Gasteiger partial charge in [0.25, 0.3) is 0 Å². The van der Waals surface area contributed by atoms with E-state index < -0.39 is 51.2 Å². The summed E-state index contributed by atoms with van der Waals surface area (Å²) in [5, 5.41) is 25.3. The predicted octanol–water partition coefficient (Wildman–Crippen LogP) is 0.0917. The van der Waals surface area contributed by atoms with Crippen molar-refractivity contribution in [2.45, 2.75) is 123 Å². The molecule has 0 aromatic carbocycles. The average molecular weight is 881 g/mol. The van der Waals surface area contributed by atoms with Crippen molar-refractivity contribution in [3.63, 3.8) is 0 Å². The quantitative estimate of drug-likeness (QED) is 0.0292. The Morgan fingerprint density at radius 3 is 1.12 bits per heavy atom. The van der Waals surface area contributed by atoms with Gasteiger partial charge >= 0.3 is 17.9 Å². The van der Waals surface area contributed by atoms with Crippen LogP contribution in [0.1, 0.15) is 80.6 Å². The fraction of sp³-hybridized carbons (Fsp3) is 0.842. The Hall–Kier alpha value is -3.19. The maximum absolute atomic E-state index is 11.9. The zero-order valence-corrected chi connectivity index (χ0v) is 33.1. The molecule has 0 aromatic rings. The summed E-state index contributed by atoms with van der Waals surface area (Å²) in [5.41, 5.74) is 17.2. The predicted molar refractivity (Wildman–Crippen MR) is 217 cm³/mol. The number of carbonyl (C=O) groups is 6. The van der Waals surface area contributed by atoms with Gasteiger partial charge in [-0.3, -0.25) is 28.8 Å². The number of alkyl halides is 3. The van der Waals surface area contributed by atoms with Crippen molar-refractivity contribution >= 4 is 35.3 Å². The summed E-state index contributed by atoms with van der Waals surface area (Å²) in [5.74, 6) is -2.14. The number of aliphatic hydroxyl groups excluding tert-OH is 1. The summed E-state index contributed by atoms with van der Waals surface area (Å²) in [7, 11) is 5.49. The highest BCUT2D eigenvalue weighted by molar-refractivity contribution is 5.84. The van der Waals surface area contributed by atoms with Crippen LogP contribution in [0.5, 0.6) is 0 Å². The number of rotatable bonds is 23. The van der Waals surface area contributed by atoms with Crippen LogP contribution in [0.3, 0.4) is 0 Å². The highest BCUT2D eigenvalue weighted by atomic mass is 19.1. The van der Waals surface area contributed by atoms with Gasteiger partial charge in [-0.25, -0.2) is 13.2 Å². The zero-order valence-electron chi connectivity index (χ0n) is 33.1. The molecule has 0 aliphatic heterocycles. The first-order valence-electron chi connectivity index (χ1n) is 18.5. The number of aliphatic hydroxyl groups is 2. The van der Waals surface area contributed by atoms with Crippen LogP contribution in [0.15, 0.2) is 0 Å². The number of nitrogens with one attached hydrogen (secondary N) is 3. The molecule has 0 amide bonds. The van der Waals surface area contributed by atoms with Crippen molar-refractivity contribution < 1.29 is 75.8 Å². The molecule has 3 aliphatic rings. The molecule has 0 saturated heterocycles. The molecule has 3 rings (SSSR count). The van der Waals surface area contributed by atoms with Gasteiger partial charge in [-0.05, 0) is 47.3 Å². The highest BCUT2D eigenvalue weighted by Crippen LogP contribution is 2.29. The Balaban J connectivity index is -0.000000359. The Labute approximate surface area is 353 Å². The van der Waals surface area contributed by atoms with Crippen LogP contribution in [-0.2, 0) is 52.5 Å². The first-order chi connectivity index (χ1) is 27.0. The van der Waals surface area contributed by atoms with Crippen LogP contribution >= 0.6 is 0 Å². The number of ether oxygens (including phenoxy) is 5. The number of esters is 3. The van der Waals surface area contributed by atoms with E-state index in [1.54, 1.807) is 6.92 Å². The van der Waals surface area contributed by atoms with E-state index in [1.807, 2.05) is 21.1 Å². The second-order valence-corrected chi connectivity index (χ2v) is 13.3. The fourth-order valence-electron chi connectivity index (χ4n) is 6.20. The summed E-state index contributed by atoms with van der Waals surface area (Å²) < 4.78 is 56.5. The minimum Gasteiger partial charge on any atom is -0.434 e. The van der Waals surface area contributed by atoms with Crippen molar-refractivity contribution in [2.24, 2.45) is 35.0 Å². The van der Waals surface area contributed by atoms with E-state index in [0.717, 1.165) is 19.3 Å². The molecule has 60 heavy (non-hydrogen) atoms. The summed E-state index contributed by atoms with van der Waals surface area (Å²) in [6, 6.07) is 0.570. The van der Waals surface area contributed by atoms with Crippen LogP contribution in [0.4, 0.5) is 13.2 Å². The third kappa shape index (κ3) is 24.9. The van der Waals surface area contributed by atoms with Gasteiger partial charge in [-0.2, -0.15) is 0 Å². The molecule has 0 heterocycles. The Bertz CT molecular complexity index is 1150. The molecule has 0 spiro atoms. The van der Waals surface area contributed by atoms with Gasteiger partial charge < -0.3 is 67.0 Å². The summed E-state index contributed by atoms with van der Waals surface area (Å²) in [6.45, 7) is -1.15. The first-order valence-corrected chi connectivity index (χ1v) is 18.5. The SMILES string of the molecule is C.C.C.CNC1CC(N)C1C(=O)CCOCCC(=O)OCF.CNC1CC(N)C1C(=O)CCOCCC(=O)OCF.CNC1CC(N)C1C(C)=O.O=C(CC(O)O)OCF. The minimum atomic E-state index is -1.76. The fourth-order valence-corrected chi connectivity index (χ4v) is 6.20. The Morgan fingerprint density at radius 1 is 0.567 bits per heavy atom. The number of Topliss-reactive ketones (excluding diaryl/α,β-unsaturated/α-hetero) is 3. The molecule has 0 bridgehead atoms. The maximum atomic E-state index is 11.9. The van der Waals surface area contributed by atoms with E-state index in [1.165, 1.54) is 0 Å². The standard InChI is InChI=1S/2C12H21FN2O4.C7H14N2O.C4H7FO4.3CH4/c2*1-15-9-6-8(14)12(9)10(16)2-4-18-5-3-11(17)19-7-13;1-4(10)7-5(8)3-6(7)9-2;5-2-9-4(8)1-3(6)7;;;/h2*8-9,12,15H,2-7,14H2,1H3;5-7,9H,3,8H2,1-2H3;3,6-7H,1-2H2;3*1H4. The molecule has 0 aromatic heterocycles. The Morgan fingerprint density at radius 2 is 0.867 bits per heavy atom. The second kappa shape index (κ2) is 36.5. The molecule has 9 atom stereocenters. The van der Waals surface area contributed by atoms with Gasteiger partial charge in [0.1, 0.15) is 17.3 Å². The number of ketones is 3. The van der Waals surface area contributed by atoms with Gasteiger partial charge in [-0.1, -0.05) is 22.3 Å². The second-order valence-electron chi connectivity index (χ2n) is 13.3. The summed E-state index contributed by atoms with van der Waals surface area (Å²) in [4.78, 5) is 66.3. The largest absolute Gasteiger partial charge is 0.434 e. The van der Waals surface area contributed by atoms with Crippen molar-refractivity contribution in [2.75, 3.05) is 68.2 Å². The van der Waals surface area contributed by atoms with Gasteiger partial charge in [0.15, 0.2) is 6.29 Å². The lowest BCUT2D eigenvalue weighted by Gasteiger charge is -2.41. The zero-order chi connectivity index (χ0) is 43.5. The third-order valence-corrected chi connectivity index (χ3v) is 9.47. The van der Waals surface area contributed by atoms with Gasteiger partial charge in [-0.15, -0.1) is 0 Å². The summed E-state index contributed by atoms with van der Waals surface area (Å²) >= 11 is 0. The van der Waals surface area contributed by atoms with Crippen molar-refractivity contribution in [3.8, 4) is 0 Å². The molecule has 19 nitrogen and oxygen atoms in total. The number of nitrogens with two attached hydrogens (primary N) is 3.